The highest BCUT2D eigenvalue weighted by Crippen LogP contribution is 2.20. The van der Waals surface area contributed by atoms with Crippen LogP contribution < -0.4 is 5.14 Å². The molecule has 0 unspecified atom stereocenters. The van der Waals surface area contributed by atoms with Crippen molar-refractivity contribution in [2.75, 3.05) is 0 Å². The van der Waals surface area contributed by atoms with Crippen LogP contribution in [0.1, 0.15) is 40.5 Å². The van der Waals surface area contributed by atoms with Crippen LogP contribution in [0.5, 0.6) is 0 Å². The zero-order valence-corrected chi connectivity index (χ0v) is 10.1. The van der Waals surface area contributed by atoms with Crippen LogP contribution in [0, 0.1) is 11.3 Å². The van der Waals surface area contributed by atoms with Crippen molar-refractivity contribution in [2.45, 2.75) is 45.3 Å². The van der Waals surface area contributed by atoms with Crippen LogP contribution in [-0.2, 0) is 10.0 Å². The molecule has 0 heterocycles. The van der Waals surface area contributed by atoms with E-state index in [0.717, 1.165) is 0 Å². The lowest BCUT2D eigenvalue weighted by molar-refractivity contribution is 0.549. The van der Waals surface area contributed by atoms with E-state index in [1.807, 2.05) is 13.8 Å². The van der Waals surface area contributed by atoms with Gasteiger partial charge in [0.05, 0.1) is 4.75 Å². The van der Waals surface area contributed by atoms with Gasteiger partial charge < -0.3 is 5.41 Å². The molecule has 0 radical (unpaired) electrons. The molecule has 0 aliphatic heterocycles. The van der Waals surface area contributed by atoms with Crippen molar-refractivity contribution in [2.24, 2.45) is 11.1 Å². The van der Waals surface area contributed by atoms with Gasteiger partial charge in [-0.05, 0) is 26.2 Å². The van der Waals surface area contributed by atoms with Crippen molar-refractivity contribution < 1.29 is 8.42 Å². The van der Waals surface area contributed by atoms with Crippen molar-refractivity contribution in [3.63, 3.8) is 0 Å². The fourth-order valence-electron chi connectivity index (χ4n) is 1.18. The predicted octanol–water partition coefficient (Wildman–Crippen LogP) is 1.51. The van der Waals surface area contributed by atoms with E-state index in [2.05, 4.69) is 0 Å². The third kappa shape index (κ3) is 4.19. The highest BCUT2D eigenvalue weighted by molar-refractivity contribution is 7.90. The molecule has 0 rings (SSSR count). The van der Waals surface area contributed by atoms with Gasteiger partial charge in [-0.1, -0.05) is 13.8 Å². The first-order chi connectivity index (χ1) is 6.06. The van der Waals surface area contributed by atoms with Crippen LogP contribution in [0.4, 0.5) is 0 Å². The van der Waals surface area contributed by atoms with E-state index in [0.29, 0.717) is 18.1 Å². The molecule has 14 heavy (non-hydrogen) atoms. The smallest absolute Gasteiger partial charge is 0.214 e. The summed E-state index contributed by atoms with van der Waals surface area (Å²) in [5, 5.41) is 12.7. The van der Waals surface area contributed by atoms with E-state index in [4.69, 9.17) is 10.5 Å². The molecule has 0 aliphatic carbocycles. The van der Waals surface area contributed by atoms with E-state index < -0.39 is 14.8 Å². The van der Waals surface area contributed by atoms with E-state index in [9.17, 15) is 8.42 Å². The number of hydrogen-bond acceptors (Lipinski definition) is 3. The van der Waals surface area contributed by atoms with Gasteiger partial charge in [-0.2, -0.15) is 0 Å². The fourth-order valence-corrected chi connectivity index (χ4v) is 1.55. The Morgan fingerprint density at radius 2 is 1.86 bits per heavy atom. The van der Waals surface area contributed by atoms with E-state index in [1.165, 1.54) is 0 Å². The normalized spacial score (nSPS) is 13.3. The minimum Gasteiger partial charge on any atom is -0.310 e. The summed E-state index contributed by atoms with van der Waals surface area (Å²) < 4.78 is 21.3. The van der Waals surface area contributed by atoms with Gasteiger partial charge in [0.15, 0.2) is 0 Å². The molecule has 5 heteroatoms. The topological polar surface area (TPSA) is 84.0 Å². The SMILES string of the molecule is CC(C)CC(=N)CC(C)(C)S(N)(=O)=O. The van der Waals surface area contributed by atoms with Gasteiger partial charge in [-0.3, -0.25) is 0 Å². The molecule has 0 fully saturated rings. The second-order valence-corrected chi connectivity index (χ2v) is 6.88. The lowest BCUT2D eigenvalue weighted by atomic mass is 9.98. The summed E-state index contributed by atoms with van der Waals surface area (Å²) in [6, 6.07) is 0. The Morgan fingerprint density at radius 1 is 1.43 bits per heavy atom. The Kier molecular flexibility index (Phi) is 4.27. The predicted molar refractivity (Wildman–Crippen MR) is 59.0 cm³/mol. The van der Waals surface area contributed by atoms with Crippen LogP contribution in [0.25, 0.3) is 0 Å². The first-order valence-corrected chi connectivity index (χ1v) is 6.19. The third-order valence-corrected chi connectivity index (χ3v) is 3.75. The zero-order chi connectivity index (χ0) is 11.6. The van der Waals surface area contributed by atoms with Gasteiger partial charge in [-0.25, -0.2) is 13.6 Å². The summed E-state index contributed by atoms with van der Waals surface area (Å²) in [5.41, 5.74) is 0.444. The van der Waals surface area contributed by atoms with Gasteiger partial charge in [0.1, 0.15) is 0 Å². The molecule has 84 valence electrons. The average molecular weight is 220 g/mol. The molecule has 0 aromatic carbocycles. The highest BCUT2D eigenvalue weighted by Gasteiger charge is 2.32. The molecule has 0 amide bonds. The van der Waals surface area contributed by atoms with E-state index >= 15 is 0 Å². The fraction of sp³-hybridized carbons (Fsp3) is 0.889. The number of nitrogens with two attached hydrogens (primary N) is 1. The molecule has 0 atom stereocenters. The Hall–Kier alpha value is -0.420. The quantitative estimate of drug-likeness (QED) is 0.688. The van der Waals surface area contributed by atoms with Crippen molar-refractivity contribution in [1.82, 2.24) is 0 Å². The lowest BCUT2D eigenvalue weighted by Crippen LogP contribution is -2.39. The van der Waals surface area contributed by atoms with Crippen molar-refractivity contribution in [3.8, 4) is 0 Å². The molecule has 0 bridgehead atoms. The Balaban J connectivity index is 4.46. The monoisotopic (exact) mass is 220 g/mol. The maximum atomic E-state index is 11.2. The number of hydrogen-bond donors (Lipinski definition) is 2. The molecule has 0 aromatic heterocycles. The van der Waals surface area contributed by atoms with Crippen LogP contribution in [0.3, 0.4) is 0 Å². The van der Waals surface area contributed by atoms with Crippen LogP contribution in [-0.4, -0.2) is 18.9 Å². The number of primary sulfonamides is 1. The summed E-state index contributed by atoms with van der Waals surface area (Å²) in [7, 11) is -3.57. The summed E-state index contributed by atoms with van der Waals surface area (Å²) in [6.07, 6.45) is 0.836. The van der Waals surface area contributed by atoms with Crippen LogP contribution in [0.15, 0.2) is 0 Å². The molecule has 0 aliphatic rings. The average Bonchev–Trinajstić information content (AvgIpc) is 1.79. The molecule has 0 saturated heterocycles. The van der Waals surface area contributed by atoms with E-state index in [-0.39, 0.29) is 6.42 Å². The van der Waals surface area contributed by atoms with Crippen LogP contribution >= 0.6 is 0 Å². The summed E-state index contributed by atoms with van der Waals surface area (Å²) in [4.78, 5) is 0. The number of rotatable bonds is 5. The highest BCUT2D eigenvalue weighted by atomic mass is 32.2. The summed E-state index contributed by atoms with van der Waals surface area (Å²) >= 11 is 0. The Morgan fingerprint density at radius 3 is 2.14 bits per heavy atom. The zero-order valence-electron chi connectivity index (χ0n) is 9.29. The minimum absolute atomic E-state index is 0.212. The Labute approximate surface area is 86.4 Å². The maximum Gasteiger partial charge on any atom is 0.214 e. The van der Waals surface area contributed by atoms with Crippen molar-refractivity contribution in [3.05, 3.63) is 0 Å². The van der Waals surface area contributed by atoms with Gasteiger partial charge in [-0.15, -0.1) is 0 Å². The van der Waals surface area contributed by atoms with Crippen LogP contribution in [0.2, 0.25) is 0 Å². The van der Waals surface area contributed by atoms with Gasteiger partial charge >= 0.3 is 0 Å². The molecular weight excluding hydrogens is 200 g/mol. The van der Waals surface area contributed by atoms with Crippen molar-refractivity contribution in [1.29, 1.82) is 5.41 Å². The molecular formula is C9H20N2O2S. The minimum atomic E-state index is -3.57. The second-order valence-electron chi connectivity index (χ2n) is 4.68. The van der Waals surface area contributed by atoms with Gasteiger partial charge in [0.2, 0.25) is 10.0 Å². The maximum absolute atomic E-state index is 11.2. The summed E-state index contributed by atoms with van der Waals surface area (Å²) in [5.74, 6) is 0.374. The molecule has 0 aromatic rings. The van der Waals surface area contributed by atoms with Crippen molar-refractivity contribution >= 4 is 15.7 Å². The standard InChI is InChI=1S/C9H20N2O2S/c1-7(2)5-8(10)6-9(3,4)14(11,12)13/h7,10H,5-6H2,1-4H3,(H2,11,12,13). The number of nitrogens with one attached hydrogen (secondary N) is 1. The number of sulfonamides is 1. The largest absolute Gasteiger partial charge is 0.310 e. The molecule has 0 saturated carbocycles. The lowest BCUT2D eigenvalue weighted by Gasteiger charge is -2.22. The van der Waals surface area contributed by atoms with Gasteiger partial charge in [0, 0.05) is 12.1 Å². The Bertz CT molecular complexity index is 305. The first-order valence-electron chi connectivity index (χ1n) is 4.65. The first kappa shape index (κ1) is 13.6. The van der Waals surface area contributed by atoms with Gasteiger partial charge in [0.25, 0.3) is 0 Å². The molecule has 3 N–H and O–H groups in total. The molecule has 0 spiro atoms. The summed E-state index contributed by atoms with van der Waals surface area (Å²) in [6.45, 7) is 7.10. The second kappa shape index (κ2) is 4.40. The van der Waals surface area contributed by atoms with E-state index in [1.54, 1.807) is 13.8 Å². The third-order valence-electron chi connectivity index (χ3n) is 2.06. The molecule has 4 nitrogen and oxygen atoms in total.